The Balaban J connectivity index is 1.67. The van der Waals surface area contributed by atoms with E-state index in [1.165, 1.54) is 11.8 Å². The average molecular weight is 444 g/mol. The second-order valence-corrected chi connectivity index (χ2v) is 8.27. The number of piperidine rings is 1. The van der Waals surface area contributed by atoms with Crippen LogP contribution in [0.5, 0.6) is 0 Å². The summed E-state index contributed by atoms with van der Waals surface area (Å²) in [5.41, 5.74) is 5.55. The summed E-state index contributed by atoms with van der Waals surface area (Å²) in [4.78, 5) is 54.4. The molecule has 2 aliphatic heterocycles. The molecule has 7 heteroatoms. The molecule has 1 N–H and O–H groups in total. The first-order valence-electron chi connectivity index (χ1n) is 10.9. The van der Waals surface area contributed by atoms with Gasteiger partial charge < -0.3 is 4.90 Å². The van der Waals surface area contributed by atoms with Gasteiger partial charge in [-0.25, -0.2) is 0 Å². The predicted molar refractivity (Wildman–Crippen MR) is 126 cm³/mol. The number of ketones is 1. The van der Waals surface area contributed by atoms with Crippen molar-refractivity contribution < 1.29 is 19.2 Å². The van der Waals surface area contributed by atoms with Crippen LogP contribution in [-0.4, -0.2) is 40.7 Å². The van der Waals surface area contributed by atoms with Crippen molar-refractivity contribution in [3.8, 4) is 0 Å². The quantitative estimate of drug-likeness (QED) is 0.330. The molecule has 0 saturated carbocycles. The molecular weight excluding hydrogens is 418 g/mol. The molecule has 2 aromatic rings. The van der Waals surface area contributed by atoms with E-state index in [0.29, 0.717) is 24.1 Å². The first kappa shape index (κ1) is 22.3. The molecule has 2 aliphatic rings. The van der Waals surface area contributed by atoms with Crippen LogP contribution in [0.15, 0.2) is 47.5 Å². The zero-order valence-electron chi connectivity index (χ0n) is 18.8. The number of Topliss-reactive ketones (excluding diaryl/α,β-unsaturated/α-hetero) is 1. The van der Waals surface area contributed by atoms with Crippen molar-refractivity contribution in [1.82, 2.24) is 10.2 Å². The SMILES string of the molecule is CC=N/C(=C(\C)c1ccc(C(C)=O)cc1)c1ccc2c(c1)CN(C1CCC(=O)NC1=O)C2=O. The summed E-state index contributed by atoms with van der Waals surface area (Å²) >= 11 is 0. The highest BCUT2D eigenvalue weighted by Gasteiger charge is 2.39. The number of hydrogen-bond acceptors (Lipinski definition) is 5. The van der Waals surface area contributed by atoms with E-state index in [0.717, 1.165) is 28.0 Å². The van der Waals surface area contributed by atoms with Crippen LogP contribution in [0.4, 0.5) is 0 Å². The van der Waals surface area contributed by atoms with Crippen molar-refractivity contribution in [2.75, 3.05) is 0 Å². The molecule has 0 spiro atoms. The number of aliphatic imine (C=N–C) groups is 1. The summed E-state index contributed by atoms with van der Waals surface area (Å²) in [7, 11) is 0. The third kappa shape index (κ3) is 4.26. The molecular formula is C26H25N3O4. The Kier molecular flexibility index (Phi) is 6.05. The first-order chi connectivity index (χ1) is 15.8. The lowest BCUT2D eigenvalue weighted by atomic mass is 9.97. The molecule has 0 aromatic heterocycles. The van der Waals surface area contributed by atoms with Gasteiger partial charge in [-0.15, -0.1) is 0 Å². The van der Waals surface area contributed by atoms with Crippen LogP contribution >= 0.6 is 0 Å². The zero-order valence-corrected chi connectivity index (χ0v) is 18.8. The lowest BCUT2D eigenvalue weighted by Crippen LogP contribution is -2.52. The van der Waals surface area contributed by atoms with E-state index in [9.17, 15) is 19.2 Å². The van der Waals surface area contributed by atoms with Crippen LogP contribution in [0.2, 0.25) is 0 Å². The molecule has 2 aromatic carbocycles. The lowest BCUT2D eigenvalue weighted by molar-refractivity contribution is -0.136. The second-order valence-electron chi connectivity index (χ2n) is 8.27. The topological polar surface area (TPSA) is 95.9 Å². The fourth-order valence-electron chi connectivity index (χ4n) is 4.33. The largest absolute Gasteiger partial charge is 0.322 e. The fraction of sp³-hybridized carbons (Fsp3) is 0.269. The summed E-state index contributed by atoms with van der Waals surface area (Å²) in [5.74, 6) is -0.915. The highest BCUT2D eigenvalue weighted by Crippen LogP contribution is 2.33. The molecule has 7 nitrogen and oxygen atoms in total. The number of hydrogen-bond donors (Lipinski definition) is 1. The average Bonchev–Trinajstić information content (AvgIpc) is 3.12. The highest BCUT2D eigenvalue weighted by atomic mass is 16.2. The van der Waals surface area contributed by atoms with Gasteiger partial charge in [-0.05, 0) is 56.0 Å². The number of amides is 3. The number of fused-ring (bicyclic) bond motifs is 1. The van der Waals surface area contributed by atoms with E-state index in [4.69, 9.17) is 0 Å². The highest BCUT2D eigenvalue weighted by molar-refractivity contribution is 6.05. The maximum absolute atomic E-state index is 13.0. The van der Waals surface area contributed by atoms with Gasteiger partial charge >= 0.3 is 0 Å². The van der Waals surface area contributed by atoms with Crippen LogP contribution in [-0.2, 0) is 16.1 Å². The summed E-state index contributed by atoms with van der Waals surface area (Å²) in [5, 5.41) is 2.32. The molecule has 4 rings (SSSR count). The normalized spacial score (nSPS) is 18.9. The minimum Gasteiger partial charge on any atom is -0.322 e. The van der Waals surface area contributed by atoms with Crippen molar-refractivity contribution in [2.45, 2.75) is 46.2 Å². The van der Waals surface area contributed by atoms with Gasteiger partial charge in [0, 0.05) is 35.9 Å². The molecule has 1 saturated heterocycles. The Morgan fingerprint density at radius 3 is 2.33 bits per heavy atom. The van der Waals surface area contributed by atoms with Crippen molar-refractivity contribution in [3.05, 3.63) is 70.3 Å². The maximum atomic E-state index is 13.0. The Hall–Kier alpha value is -3.87. The minimum absolute atomic E-state index is 0.0128. The fourth-order valence-corrected chi connectivity index (χ4v) is 4.33. The van der Waals surface area contributed by atoms with Gasteiger partial charge in [0.05, 0.1) is 5.70 Å². The van der Waals surface area contributed by atoms with Gasteiger partial charge in [0.15, 0.2) is 5.78 Å². The van der Waals surface area contributed by atoms with E-state index in [-0.39, 0.29) is 24.0 Å². The standard InChI is InChI=1S/C26H25N3O4/c1-4-27-24(15(2)17-5-7-18(8-6-17)16(3)30)19-9-10-21-20(13-19)14-29(26(21)33)22-11-12-23(31)28-25(22)32/h4-10,13,22H,11-12,14H2,1-3H3,(H,28,31,32)/b24-15+,27-4?. The Morgan fingerprint density at radius 2 is 1.70 bits per heavy atom. The molecule has 1 fully saturated rings. The number of rotatable bonds is 5. The Labute approximate surface area is 192 Å². The number of nitrogens with one attached hydrogen (secondary N) is 1. The van der Waals surface area contributed by atoms with Crippen LogP contribution in [0.3, 0.4) is 0 Å². The van der Waals surface area contributed by atoms with Crippen LogP contribution in [0.1, 0.15) is 71.0 Å². The monoisotopic (exact) mass is 443 g/mol. The molecule has 168 valence electrons. The molecule has 0 aliphatic carbocycles. The Bertz CT molecular complexity index is 1220. The van der Waals surface area contributed by atoms with Crippen molar-refractivity contribution in [2.24, 2.45) is 4.99 Å². The van der Waals surface area contributed by atoms with Crippen LogP contribution in [0.25, 0.3) is 11.3 Å². The second kappa shape index (κ2) is 8.94. The zero-order chi connectivity index (χ0) is 23.7. The molecule has 2 heterocycles. The number of carbonyl (C=O) groups excluding carboxylic acids is 4. The number of carbonyl (C=O) groups is 4. The predicted octanol–water partition coefficient (Wildman–Crippen LogP) is 3.63. The van der Waals surface area contributed by atoms with Gasteiger partial charge in [-0.3, -0.25) is 29.5 Å². The molecule has 1 atom stereocenters. The smallest absolute Gasteiger partial charge is 0.255 e. The van der Waals surface area contributed by atoms with Gasteiger partial charge in [-0.2, -0.15) is 0 Å². The van der Waals surface area contributed by atoms with Crippen molar-refractivity contribution >= 4 is 41.0 Å². The summed E-state index contributed by atoms with van der Waals surface area (Å²) in [6.07, 6.45) is 2.27. The minimum atomic E-state index is -0.642. The lowest BCUT2D eigenvalue weighted by Gasteiger charge is -2.29. The van der Waals surface area contributed by atoms with Gasteiger partial charge in [0.1, 0.15) is 6.04 Å². The van der Waals surface area contributed by atoms with Crippen molar-refractivity contribution in [1.29, 1.82) is 0 Å². The van der Waals surface area contributed by atoms with Crippen LogP contribution in [0, 0.1) is 0 Å². The first-order valence-corrected chi connectivity index (χ1v) is 10.9. The van der Waals surface area contributed by atoms with E-state index in [2.05, 4.69) is 10.3 Å². The summed E-state index contributed by atoms with van der Waals surface area (Å²) < 4.78 is 0. The summed E-state index contributed by atoms with van der Waals surface area (Å²) in [6, 6.07) is 12.3. The molecule has 0 bridgehead atoms. The number of allylic oxidation sites excluding steroid dienone is 1. The van der Waals surface area contributed by atoms with E-state index in [1.807, 2.05) is 38.1 Å². The van der Waals surface area contributed by atoms with Gasteiger partial charge in [0.25, 0.3) is 5.91 Å². The van der Waals surface area contributed by atoms with E-state index >= 15 is 0 Å². The third-order valence-corrected chi connectivity index (χ3v) is 6.13. The van der Waals surface area contributed by atoms with Crippen molar-refractivity contribution in [3.63, 3.8) is 0 Å². The number of nitrogens with zero attached hydrogens (tertiary/aromatic N) is 2. The van der Waals surface area contributed by atoms with Gasteiger partial charge in [0.2, 0.25) is 11.8 Å². The molecule has 1 unspecified atom stereocenters. The number of benzene rings is 2. The molecule has 33 heavy (non-hydrogen) atoms. The third-order valence-electron chi connectivity index (χ3n) is 6.13. The maximum Gasteiger partial charge on any atom is 0.255 e. The Morgan fingerprint density at radius 1 is 1.03 bits per heavy atom. The number of imide groups is 1. The molecule has 3 amide bonds. The van der Waals surface area contributed by atoms with Gasteiger partial charge in [-0.1, -0.05) is 30.3 Å². The van der Waals surface area contributed by atoms with E-state index in [1.54, 1.807) is 24.4 Å². The molecule has 0 radical (unpaired) electrons. The van der Waals surface area contributed by atoms with Crippen LogP contribution < -0.4 is 5.32 Å². The summed E-state index contributed by atoms with van der Waals surface area (Å²) in [6.45, 7) is 5.66. The van der Waals surface area contributed by atoms with E-state index < -0.39 is 11.9 Å².